The highest BCUT2D eigenvalue weighted by molar-refractivity contribution is 5.83. The predicted octanol–water partition coefficient (Wildman–Crippen LogP) is 2.14. The van der Waals surface area contributed by atoms with Crippen LogP contribution in [-0.2, 0) is 4.79 Å². The van der Waals surface area contributed by atoms with Crippen molar-refractivity contribution in [1.82, 2.24) is 10.2 Å². The van der Waals surface area contributed by atoms with Crippen molar-refractivity contribution in [2.24, 2.45) is 11.8 Å². The van der Waals surface area contributed by atoms with E-state index in [-0.39, 0.29) is 17.7 Å². The first kappa shape index (κ1) is 14.4. The van der Waals surface area contributed by atoms with Crippen LogP contribution in [0.1, 0.15) is 24.3 Å². The van der Waals surface area contributed by atoms with Crippen molar-refractivity contribution in [2.45, 2.75) is 18.8 Å². The van der Waals surface area contributed by atoms with E-state index in [9.17, 15) is 13.6 Å². The molecule has 0 radical (unpaired) electrons. The molecule has 1 amide bonds. The Labute approximate surface area is 123 Å². The Hall–Kier alpha value is -1.49. The molecule has 1 aromatic carbocycles. The third-order valence-corrected chi connectivity index (χ3v) is 4.58. The molecule has 3 nitrogen and oxygen atoms in total. The summed E-state index contributed by atoms with van der Waals surface area (Å²) in [6, 6.07) is 4.21. The standard InChI is InChI=1S/C16H20F2N2O/c1-19-8-10-5-6-20(9-10)16(21)13-7-12(13)11-3-2-4-14(17)15(11)18/h2-4,10,12-13,19H,5-9H2,1H3/t10-,12+,13+/m0/s1. The highest BCUT2D eigenvalue weighted by Gasteiger charge is 2.48. The number of likely N-dealkylation sites (tertiary alicyclic amines) is 1. The summed E-state index contributed by atoms with van der Waals surface area (Å²) in [5, 5.41) is 3.13. The van der Waals surface area contributed by atoms with Gasteiger partial charge in [-0.15, -0.1) is 0 Å². The lowest BCUT2D eigenvalue weighted by molar-refractivity contribution is -0.131. The van der Waals surface area contributed by atoms with Crippen molar-refractivity contribution in [2.75, 3.05) is 26.7 Å². The van der Waals surface area contributed by atoms with Crippen LogP contribution in [0.4, 0.5) is 8.78 Å². The molecule has 21 heavy (non-hydrogen) atoms. The fourth-order valence-electron chi connectivity index (χ4n) is 3.34. The molecule has 2 aliphatic rings. The Kier molecular flexibility index (Phi) is 3.93. The molecule has 3 rings (SSSR count). The van der Waals surface area contributed by atoms with Gasteiger partial charge in [-0.2, -0.15) is 0 Å². The summed E-state index contributed by atoms with van der Waals surface area (Å²) in [5.74, 6) is -1.36. The van der Waals surface area contributed by atoms with Gasteiger partial charge in [-0.3, -0.25) is 4.79 Å². The monoisotopic (exact) mass is 294 g/mol. The Morgan fingerprint density at radius 1 is 1.43 bits per heavy atom. The van der Waals surface area contributed by atoms with Crippen molar-refractivity contribution in [3.8, 4) is 0 Å². The largest absolute Gasteiger partial charge is 0.342 e. The summed E-state index contributed by atoms with van der Waals surface area (Å²) in [4.78, 5) is 14.3. The lowest BCUT2D eigenvalue weighted by Crippen LogP contribution is -2.31. The van der Waals surface area contributed by atoms with Crippen LogP contribution >= 0.6 is 0 Å². The molecule has 0 aromatic heterocycles. The zero-order chi connectivity index (χ0) is 15.0. The van der Waals surface area contributed by atoms with Gasteiger partial charge in [0.2, 0.25) is 5.91 Å². The lowest BCUT2D eigenvalue weighted by atomic mass is 10.1. The molecule has 0 spiro atoms. The van der Waals surface area contributed by atoms with E-state index >= 15 is 0 Å². The van der Waals surface area contributed by atoms with Crippen molar-refractivity contribution in [3.63, 3.8) is 0 Å². The van der Waals surface area contributed by atoms with Crippen LogP contribution in [0.15, 0.2) is 18.2 Å². The van der Waals surface area contributed by atoms with Crippen LogP contribution in [0.25, 0.3) is 0 Å². The van der Waals surface area contributed by atoms with Crippen LogP contribution in [0, 0.1) is 23.5 Å². The minimum atomic E-state index is -0.833. The van der Waals surface area contributed by atoms with Gasteiger partial charge in [0.25, 0.3) is 0 Å². The zero-order valence-corrected chi connectivity index (χ0v) is 12.1. The van der Waals surface area contributed by atoms with Crippen LogP contribution in [0.2, 0.25) is 0 Å². The number of nitrogens with zero attached hydrogens (tertiary/aromatic N) is 1. The predicted molar refractivity (Wildman–Crippen MR) is 75.8 cm³/mol. The number of hydrogen-bond acceptors (Lipinski definition) is 2. The topological polar surface area (TPSA) is 32.3 Å². The first-order chi connectivity index (χ1) is 10.1. The van der Waals surface area contributed by atoms with Crippen molar-refractivity contribution in [3.05, 3.63) is 35.4 Å². The first-order valence-electron chi connectivity index (χ1n) is 7.49. The second kappa shape index (κ2) is 5.72. The van der Waals surface area contributed by atoms with Gasteiger partial charge >= 0.3 is 0 Å². The third-order valence-electron chi connectivity index (χ3n) is 4.58. The first-order valence-corrected chi connectivity index (χ1v) is 7.49. The molecule has 114 valence electrons. The average Bonchev–Trinajstić information content (AvgIpc) is 3.12. The zero-order valence-electron chi connectivity index (χ0n) is 12.1. The van der Waals surface area contributed by atoms with E-state index in [2.05, 4.69) is 5.32 Å². The molecule has 3 atom stereocenters. The number of nitrogens with one attached hydrogen (secondary N) is 1. The van der Waals surface area contributed by atoms with E-state index in [1.54, 1.807) is 6.07 Å². The number of carbonyl (C=O) groups excluding carboxylic acids is 1. The Balaban J connectivity index is 1.63. The average molecular weight is 294 g/mol. The molecule has 5 heteroatoms. The molecule has 1 saturated heterocycles. The number of carbonyl (C=O) groups is 1. The summed E-state index contributed by atoms with van der Waals surface area (Å²) < 4.78 is 27.0. The smallest absolute Gasteiger partial charge is 0.226 e. The van der Waals surface area contributed by atoms with Crippen LogP contribution in [0.3, 0.4) is 0 Å². The molecule has 1 aromatic rings. The highest BCUT2D eigenvalue weighted by atomic mass is 19.2. The molecular weight excluding hydrogens is 274 g/mol. The van der Waals surface area contributed by atoms with Gasteiger partial charge in [0.1, 0.15) is 0 Å². The quantitative estimate of drug-likeness (QED) is 0.922. The summed E-state index contributed by atoms with van der Waals surface area (Å²) in [6.07, 6.45) is 1.64. The van der Waals surface area contributed by atoms with Crippen molar-refractivity contribution >= 4 is 5.91 Å². The van der Waals surface area contributed by atoms with Crippen LogP contribution < -0.4 is 5.32 Å². The number of hydrogen-bond donors (Lipinski definition) is 1. The van der Waals surface area contributed by atoms with Gasteiger partial charge in [-0.05, 0) is 49.9 Å². The molecule has 1 aliphatic heterocycles. The minimum absolute atomic E-state index is 0.0993. The fraction of sp³-hybridized carbons (Fsp3) is 0.562. The van der Waals surface area contributed by atoms with E-state index in [1.165, 1.54) is 6.07 Å². The maximum atomic E-state index is 13.8. The van der Waals surface area contributed by atoms with Gasteiger partial charge in [0.05, 0.1) is 0 Å². The normalized spacial score (nSPS) is 28.0. The number of rotatable bonds is 4. The lowest BCUT2D eigenvalue weighted by Gasteiger charge is -2.16. The molecule has 0 bridgehead atoms. The summed E-state index contributed by atoms with van der Waals surface area (Å²) in [5.41, 5.74) is 0.347. The number of benzene rings is 1. The summed E-state index contributed by atoms with van der Waals surface area (Å²) >= 11 is 0. The molecular formula is C16H20F2N2O. The number of halogens is 2. The Bertz CT molecular complexity index is 549. The van der Waals surface area contributed by atoms with E-state index in [0.717, 1.165) is 32.1 Å². The van der Waals surface area contributed by atoms with Crippen LogP contribution in [0.5, 0.6) is 0 Å². The van der Waals surface area contributed by atoms with Gasteiger partial charge in [0.15, 0.2) is 11.6 Å². The Morgan fingerprint density at radius 3 is 3.00 bits per heavy atom. The van der Waals surface area contributed by atoms with Crippen molar-refractivity contribution in [1.29, 1.82) is 0 Å². The molecule has 1 N–H and O–H groups in total. The fourth-order valence-corrected chi connectivity index (χ4v) is 3.34. The van der Waals surface area contributed by atoms with Gasteiger partial charge in [-0.25, -0.2) is 8.78 Å². The maximum Gasteiger partial charge on any atom is 0.226 e. The minimum Gasteiger partial charge on any atom is -0.342 e. The molecule has 1 heterocycles. The van der Waals surface area contributed by atoms with E-state index < -0.39 is 11.6 Å². The van der Waals surface area contributed by atoms with Gasteiger partial charge in [0, 0.05) is 19.0 Å². The summed E-state index contributed by atoms with van der Waals surface area (Å²) in [6.45, 7) is 2.46. The maximum absolute atomic E-state index is 13.8. The van der Waals surface area contributed by atoms with E-state index in [0.29, 0.717) is 17.9 Å². The molecule has 2 fully saturated rings. The molecule has 1 aliphatic carbocycles. The summed E-state index contributed by atoms with van der Waals surface area (Å²) in [7, 11) is 1.91. The van der Waals surface area contributed by atoms with E-state index in [1.807, 2.05) is 11.9 Å². The second-order valence-corrected chi connectivity index (χ2v) is 6.09. The van der Waals surface area contributed by atoms with E-state index in [4.69, 9.17) is 0 Å². The molecule has 0 unspecified atom stereocenters. The van der Waals surface area contributed by atoms with Crippen molar-refractivity contribution < 1.29 is 13.6 Å². The SMILES string of the molecule is CNC[C@@H]1CCN(C(=O)[C@@H]2C[C@@H]2c2cccc(F)c2F)C1. The molecule has 1 saturated carbocycles. The Morgan fingerprint density at radius 2 is 2.24 bits per heavy atom. The third kappa shape index (κ3) is 2.79. The number of amides is 1. The van der Waals surface area contributed by atoms with Gasteiger partial charge < -0.3 is 10.2 Å². The second-order valence-electron chi connectivity index (χ2n) is 6.09. The van der Waals surface area contributed by atoms with Gasteiger partial charge in [-0.1, -0.05) is 12.1 Å². The highest BCUT2D eigenvalue weighted by Crippen LogP contribution is 2.49. The van der Waals surface area contributed by atoms with Crippen LogP contribution in [-0.4, -0.2) is 37.5 Å².